The van der Waals surface area contributed by atoms with E-state index in [-0.39, 0.29) is 42.8 Å². The minimum Gasteiger partial charge on any atom is -0.482 e. The Kier molecular flexibility index (Phi) is 5.26. The molecule has 0 aromatic heterocycles. The van der Waals surface area contributed by atoms with Crippen molar-refractivity contribution in [3.63, 3.8) is 0 Å². The van der Waals surface area contributed by atoms with Crippen molar-refractivity contribution < 1.29 is 14.3 Å². The number of hydrogen-bond donors (Lipinski definition) is 3. The van der Waals surface area contributed by atoms with Gasteiger partial charge in [0, 0.05) is 24.2 Å². The molecular weight excluding hydrogens is 306 g/mol. The summed E-state index contributed by atoms with van der Waals surface area (Å²) in [6.45, 7) is 0.00132. The van der Waals surface area contributed by atoms with Gasteiger partial charge in [-0.1, -0.05) is 6.42 Å². The Labute approximate surface area is 135 Å². The molecule has 1 aliphatic carbocycles. The number of nitrogens with one attached hydrogen (secondary N) is 2. The zero-order valence-electron chi connectivity index (χ0n) is 12.1. The van der Waals surface area contributed by atoms with Gasteiger partial charge in [0.1, 0.15) is 5.75 Å². The Morgan fingerprint density at radius 3 is 2.95 bits per heavy atom. The molecule has 2 aliphatic rings. The summed E-state index contributed by atoms with van der Waals surface area (Å²) >= 11 is 0. The lowest BCUT2D eigenvalue weighted by atomic mass is 10.00. The van der Waals surface area contributed by atoms with Crippen molar-refractivity contribution >= 4 is 35.6 Å². The first-order valence-electron chi connectivity index (χ1n) is 7.24. The topological polar surface area (TPSA) is 93.5 Å². The predicted octanol–water partition coefficient (Wildman–Crippen LogP) is 1.90. The number of ether oxygens (including phenoxy) is 1. The number of anilines is 2. The maximum atomic E-state index is 12.1. The van der Waals surface area contributed by atoms with Crippen LogP contribution in [0.15, 0.2) is 18.2 Å². The van der Waals surface area contributed by atoms with Gasteiger partial charge in [-0.2, -0.15) is 0 Å². The van der Waals surface area contributed by atoms with E-state index >= 15 is 0 Å². The molecule has 4 N–H and O–H groups in total. The van der Waals surface area contributed by atoms with E-state index in [1.165, 1.54) is 0 Å². The summed E-state index contributed by atoms with van der Waals surface area (Å²) < 4.78 is 5.33. The molecule has 0 unspecified atom stereocenters. The van der Waals surface area contributed by atoms with Crippen LogP contribution < -0.4 is 21.1 Å². The van der Waals surface area contributed by atoms with Crippen molar-refractivity contribution in [1.29, 1.82) is 0 Å². The first-order valence-corrected chi connectivity index (χ1v) is 7.24. The van der Waals surface area contributed by atoms with E-state index in [0.717, 1.165) is 19.3 Å². The molecule has 1 aromatic rings. The highest BCUT2D eigenvalue weighted by atomic mass is 35.5. The van der Waals surface area contributed by atoms with Crippen LogP contribution in [0.4, 0.5) is 11.4 Å². The first kappa shape index (κ1) is 16.6. The maximum Gasteiger partial charge on any atom is 0.262 e. The van der Waals surface area contributed by atoms with Crippen LogP contribution in [0.25, 0.3) is 0 Å². The largest absolute Gasteiger partial charge is 0.482 e. The zero-order valence-corrected chi connectivity index (χ0v) is 12.9. The molecule has 1 aromatic carbocycles. The monoisotopic (exact) mass is 325 g/mol. The standard InChI is InChI=1S/C15H19N3O3.ClH/c16-11-3-1-2-9(11)6-14(19)17-10-4-5-12-13(7-10)21-8-15(20)18-12;/h4-5,7,9,11H,1-3,6,8,16H2,(H,17,19)(H,18,20);1H/t9-,11+;/m0./s1. The number of benzene rings is 1. The van der Waals surface area contributed by atoms with Crippen LogP contribution in [0.5, 0.6) is 5.75 Å². The lowest BCUT2D eigenvalue weighted by molar-refractivity contribution is -0.119. The van der Waals surface area contributed by atoms with E-state index in [1.807, 2.05) is 0 Å². The number of amides is 2. The van der Waals surface area contributed by atoms with Gasteiger partial charge in [-0.15, -0.1) is 12.4 Å². The average molecular weight is 326 g/mol. The summed E-state index contributed by atoms with van der Waals surface area (Å²) in [5.74, 6) is 0.648. The van der Waals surface area contributed by atoms with Crippen LogP contribution in [0, 0.1) is 5.92 Å². The highest BCUT2D eigenvalue weighted by Crippen LogP contribution is 2.31. The summed E-state index contributed by atoms with van der Waals surface area (Å²) in [4.78, 5) is 23.3. The molecule has 2 atom stereocenters. The van der Waals surface area contributed by atoms with Crippen molar-refractivity contribution in [3.8, 4) is 5.75 Å². The van der Waals surface area contributed by atoms with E-state index < -0.39 is 0 Å². The quantitative estimate of drug-likeness (QED) is 0.791. The van der Waals surface area contributed by atoms with Crippen LogP contribution in [0.1, 0.15) is 25.7 Å². The van der Waals surface area contributed by atoms with Gasteiger partial charge in [-0.3, -0.25) is 9.59 Å². The number of hydrogen-bond acceptors (Lipinski definition) is 4. The Balaban J connectivity index is 0.00000176. The number of carbonyl (C=O) groups is 2. The van der Waals surface area contributed by atoms with Gasteiger partial charge in [-0.05, 0) is 30.9 Å². The fourth-order valence-corrected chi connectivity index (χ4v) is 2.92. The molecule has 0 saturated heterocycles. The number of fused-ring (bicyclic) bond motifs is 1. The maximum absolute atomic E-state index is 12.1. The van der Waals surface area contributed by atoms with E-state index in [2.05, 4.69) is 10.6 Å². The second-order valence-electron chi connectivity index (χ2n) is 5.65. The third-order valence-electron chi connectivity index (χ3n) is 4.06. The van der Waals surface area contributed by atoms with E-state index in [1.54, 1.807) is 18.2 Å². The Bertz CT molecular complexity index is 579. The van der Waals surface area contributed by atoms with Gasteiger partial charge in [0.25, 0.3) is 5.91 Å². The molecule has 0 spiro atoms. The van der Waals surface area contributed by atoms with Crippen molar-refractivity contribution in [2.24, 2.45) is 11.7 Å². The number of halogens is 1. The van der Waals surface area contributed by atoms with E-state index in [0.29, 0.717) is 23.5 Å². The van der Waals surface area contributed by atoms with Crippen LogP contribution in [0.2, 0.25) is 0 Å². The third kappa shape index (κ3) is 3.69. The molecule has 0 radical (unpaired) electrons. The third-order valence-corrected chi connectivity index (χ3v) is 4.06. The molecule has 0 bridgehead atoms. The summed E-state index contributed by atoms with van der Waals surface area (Å²) in [5, 5.41) is 5.58. The van der Waals surface area contributed by atoms with Crippen LogP contribution in [-0.4, -0.2) is 24.5 Å². The number of rotatable bonds is 3. The summed E-state index contributed by atoms with van der Waals surface area (Å²) in [5.41, 5.74) is 7.28. The molecule has 22 heavy (non-hydrogen) atoms. The molecular formula is C15H20ClN3O3. The predicted molar refractivity (Wildman–Crippen MR) is 86.4 cm³/mol. The molecule has 2 amide bonds. The van der Waals surface area contributed by atoms with Crippen LogP contribution >= 0.6 is 12.4 Å². The molecule has 7 heteroatoms. The lowest BCUT2D eigenvalue weighted by Gasteiger charge is -2.19. The van der Waals surface area contributed by atoms with Gasteiger partial charge in [0.2, 0.25) is 5.91 Å². The van der Waals surface area contributed by atoms with Gasteiger partial charge in [0.15, 0.2) is 6.61 Å². The lowest BCUT2D eigenvalue weighted by Crippen LogP contribution is -2.28. The number of nitrogens with two attached hydrogens (primary N) is 1. The molecule has 3 rings (SSSR count). The summed E-state index contributed by atoms with van der Waals surface area (Å²) in [6, 6.07) is 5.34. The van der Waals surface area contributed by atoms with Gasteiger partial charge < -0.3 is 21.1 Å². The molecule has 120 valence electrons. The fourth-order valence-electron chi connectivity index (χ4n) is 2.92. The minimum atomic E-state index is -0.172. The molecule has 1 saturated carbocycles. The van der Waals surface area contributed by atoms with E-state index in [4.69, 9.17) is 10.5 Å². The Hall–Kier alpha value is -1.79. The van der Waals surface area contributed by atoms with Crippen molar-refractivity contribution in [2.45, 2.75) is 31.7 Å². The SMILES string of the molecule is Cl.N[C@@H]1CCC[C@H]1CC(=O)Nc1ccc2c(c1)OCC(=O)N2. The average Bonchev–Trinajstić information content (AvgIpc) is 2.84. The van der Waals surface area contributed by atoms with Crippen molar-refractivity contribution in [1.82, 2.24) is 0 Å². The van der Waals surface area contributed by atoms with E-state index in [9.17, 15) is 9.59 Å². The number of carbonyl (C=O) groups excluding carboxylic acids is 2. The van der Waals surface area contributed by atoms with Gasteiger partial charge >= 0.3 is 0 Å². The van der Waals surface area contributed by atoms with Gasteiger partial charge in [-0.25, -0.2) is 0 Å². The zero-order chi connectivity index (χ0) is 14.8. The molecule has 6 nitrogen and oxygen atoms in total. The Morgan fingerprint density at radius 1 is 1.41 bits per heavy atom. The smallest absolute Gasteiger partial charge is 0.262 e. The highest BCUT2D eigenvalue weighted by molar-refractivity contribution is 5.97. The van der Waals surface area contributed by atoms with Crippen LogP contribution in [0.3, 0.4) is 0 Å². The summed E-state index contributed by atoms with van der Waals surface area (Å²) in [6.07, 6.45) is 3.58. The van der Waals surface area contributed by atoms with Crippen molar-refractivity contribution in [3.05, 3.63) is 18.2 Å². The van der Waals surface area contributed by atoms with Crippen LogP contribution in [-0.2, 0) is 9.59 Å². The molecule has 1 heterocycles. The second kappa shape index (κ2) is 6.98. The fraction of sp³-hybridized carbons (Fsp3) is 0.467. The first-order chi connectivity index (χ1) is 10.1. The normalized spacial score (nSPS) is 22.9. The highest BCUT2D eigenvalue weighted by Gasteiger charge is 2.26. The Morgan fingerprint density at radius 2 is 2.23 bits per heavy atom. The molecule has 1 fully saturated rings. The molecule has 1 aliphatic heterocycles. The van der Waals surface area contributed by atoms with Crippen molar-refractivity contribution in [2.75, 3.05) is 17.2 Å². The summed E-state index contributed by atoms with van der Waals surface area (Å²) in [7, 11) is 0. The second-order valence-corrected chi connectivity index (χ2v) is 5.65. The minimum absolute atomic E-state index is 0. The van der Waals surface area contributed by atoms with Gasteiger partial charge in [0.05, 0.1) is 5.69 Å².